The van der Waals surface area contributed by atoms with Crippen LogP contribution in [0.4, 0.5) is 10.1 Å². The van der Waals surface area contributed by atoms with Gasteiger partial charge in [0.05, 0.1) is 18.8 Å². The van der Waals surface area contributed by atoms with Crippen molar-refractivity contribution < 1.29 is 9.13 Å². The summed E-state index contributed by atoms with van der Waals surface area (Å²) in [5.41, 5.74) is 2.79. The minimum atomic E-state index is -0.184. The van der Waals surface area contributed by atoms with Crippen molar-refractivity contribution in [3.05, 3.63) is 71.6 Å². The number of fused-ring (bicyclic) bond motifs is 3. The third-order valence-corrected chi connectivity index (χ3v) is 4.82. The van der Waals surface area contributed by atoms with Crippen LogP contribution in [0, 0.1) is 11.7 Å². The fourth-order valence-electron chi connectivity index (χ4n) is 3.81. The molecule has 22 heavy (non-hydrogen) atoms. The largest absolute Gasteiger partial charge is 0.496 e. The Morgan fingerprint density at radius 2 is 1.91 bits per heavy atom. The van der Waals surface area contributed by atoms with Gasteiger partial charge in [0.1, 0.15) is 11.6 Å². The summed E-state index contributed by atoms with van der Waals surface area (Å²) in [7, 11) is 1.68. The minimum Gasteiger partial charge on any atom is -0.496 e. The van der Waals surface area contributed by atoms with Crippen LogP contribution in [-0.4, -0.2) is 7.11 Å². The topological polar surface area (TPSA) is 21.3 Å². The van der Waals surface area contributed by atoms with Crippen LogP contribution in [0.3, 0.4) is 0 Å². The summed E-state index contributed by atoms with van der Waals surface area (Å²) >= 11 is 0. The number of para-hydroxylation sites is 2. The minimum absolute atomic E-state index is 0.0561. The maximum absolute atomic E-state index is 14.3. The predicted octanol–water partition coefficient (Wildman–Crippen LogP) is 4.66. The van der Waals surface area contributed by atoms with Gasteiger partial charge >= 0.3 is 0 Å². The molecule has 2 aromatic carbocycles. The van der Waals surface area contributed by atoms with Crippen LogP contribution < -0.4 is 10.1 Å². The van der Waals surface area contributed by atoms with E-state index < -0.39 is 0 Å². The lowest BCUT2D eigenvalue weighted by atomic mass is 9.77. The van der Waals surface area contributed by atoms with E-state index in [0.717, 1.165) is 23.3 Å². The summed E-state index contributed by atoms with van der Waals surface area (Å²) in [6.45, 7) is 0. The molecule has 0 saturated heterocycles. The Hall–Kier alpha value is -2.29. The second-order valence-electron chi connectivity index (χ2n) is 5.92. The molecule has 0 amide bonds. The first-order valence-corrected chi connectivity index (χ1v) is 7.64. The average molecular weight is 295 g/mol. The Bertz CT molecular complexity index is 740. The molecule has 1 heterocycles. The van der Waals surface area contributed by atoms with Gasteiger partial charge in [0.25, 0.3) is 0 Å². The van der Waals surface area contributed by atoms with E-state index in [1.165, 1.54) is 6.07 Å². The third kappa shape index (κ3) is 1.92. The number of methoxy groups -OCH3 is 1. The summed E-state index contributed by atoms with van der Waals surface area (Å²) in [4.78, 5) is 0. The fourth-order valence-corrected chi connectivity index (χ4v) is 3.81. The Kier molecular flexibility index (Phi) is 3.14. The lowest BCUT2D eigenvalue weighted by molar-refractivity contribution is 0.379. The van der Waals surface area contributed by atoms with Crippen molar-refractivity contribution in [2.24, 2.45) is 5.92 Å². The molecule has 0 spiro atoms. The molecule has 1 N–H and O–H groups in total. The Morgan fingerprint density at radius 3 is 2.77 bits per heavy atom. The zero-order chi connectivity index (χ0) is 15.1. The maximum atomic E-state index is 14.3. The van der Waals surface area contributed by atoms with Crippen LogP contribution in [0.5, 0.6) is 5.75 Å². The van der Waals surface area contributed by atoms with Crippen molar-refractivity contribution in [1.29, 1.82) is 0 Å². The SMILES string of the molecule is COc1ccccc1C1Nc2c(F)cccc2C2C=CCC21. The number of halogens is 1. The number of anilines is 1. The molecule has 2 nitrogen and oxygen atoms in total. The first-order valence-electron chi connectivity index (χ1n) is 7.64. The zero-order valence-electron chi connectivity index (χ0n) is 12.4. The van der Waals surface area contributed by atoms with Gasteiger partial charge in [-0.2, -0.15) is 0 Å². The monoisotopic (exact) mass is 295 g/mol. The van der Waals surface area contributed by atoms with Crippen molar-refractivity contribution in [2.45, 2.75) is 18.4 Å². The highest BCUT2D eigenvalue weighted by molar-refractivity contribution is 5.61. The van der Waals surface area contributed by atoms with Gasteiger partial charge < -0.3 is 10.1 Å². The van der Waals surface area contributed by atoms with E-state index in [-0.39, 0.29) is 17.8 Å². The van der Waals surface area contributed by atoms with Crippen molar-refractivity contribution in [2.75, 3.05) is 12.4 Å². The van der Waals surface area contributed by atoms with Crippen LogP contribution in [0.25, 0.3) is 0 Å². The number of rotatable bonds is 2. The van der Waals surface area contributed by atoms with E-state index in [4.69, 9.17) is 4.74 Å². The number of nitrogens with one attached hydrogen (secondary N) is 1. The summed E-state index contributed by atoms with van der Waals surface area (Å²) in [6, 6.07) is 13.4. The van der Waals surface area contributed by atoms with Gasteiger partial charge in [0.2, 0.25) is 0 Å². The Morgan fingerprint density at radius 1 is 1.09 bits per heavy atom. The van der Waals surface area contributed by atoms with Crippen LogP contribution in [0.1, 0.15) is 29.5 Å². The van der Waals surface area contributed by atoms with Gasteiger partial charge in [0, 0.05) is 11.5 Å². The molecule has 3 heteroatoms. The molecule has 1 aliphatic carbocycles. The van der Waals surface area contributed by atoms with Crippen LogP contribution in [0.15, 0.2) is 54.6 Å². The predicted molar refractivity (Wildman–Crippen MR) is 85.7 cm³/mol. The van der Waals surface area contributed by atoms with Gasteiger partial charge in [-0.25, -0.2) is 4.39 Å². The molecule has 1 aliphatic heterocycles. The van der Waals surface area contributed by atoms with Gasteiger partial charge in [-0.15, -0.1) is 0 Å². The van der Waals surface area contributed by atoms with Crippen LogP contribution >= 0.6 is 0 Å². The molecule has 0 saturated carbocycles. The van der Waals surface area contributed by atoms with Gasteiger partial charge in [-0.3, -0.25) is 0 Å². The lowest BCUT2D eigenvalue weighted by Gasteiger charge is -2.38. The van der Waals surface area contributed by atoms with Crippen LogP contribution in [0.2, 0.25) is 0 Å². The second kappa shape index (κ2) is 5.16. The first-order chi connectivity index (χ1) is 10.8. The number of hydrogen-bond acceptors (Lipinski definition) is 2. The highest BCUT2D eigenvalue weighted by Gasteiger charge is 2.39. The molecule has 3 unspecified atom stereocenters. The molecule has 0 fully saturated rings. The summed E-state index contributed by atoms with van der Waals surface area (Å²) < 4.78 is 19.8. The normalized spacial score (nSPS) is 25.3. The van der Waals surface area contributed by atoms with Crippen molar-refractivity contribution >= 4 is 5.69 Å². The van der Waals surface area contributed by atoms with E-state index in [1.807, 2.05) is 24.3 Å². The third-order valence-electron chi connectivity index (χ3n) is 4.82. The highest BCUT2D eigenvalue weighted by atomic mass is 19.1. The average Bonchev–Trinajstić information content (AvgIpc) is 3.04. The second-order valence-corrected chi connectivity index (χ2v) is 5.92. The standard InChI is InChI=1S/C19H18FNO/c1-22-17-11-3-2-6-15(17)18-13-8-4-7-12(13)14-9-5-10-16(20)19(14)21-18/h2-7,9-13,18,21H,8H2,1H3. The van der Waals surface area contributed by atoms with E-state index in [1.54, 1.807) is 13.2 Å². The van der Waals surface area contributed by atoms with Gasteiger partial charge in [-0.05, 0) is 30.0 Å². The molecule has 0 bridgehead atoms. The van der Waals surface area contributed by atoms with Crippen LogP contribution in [-0.2, 0) is 0 Å². The van der Waals surface area contributed by atoms with Crippen molar-refractivity contribution in [1.82, 2.24) is 0 Å². The Labute approximate surface area is 129 Å². The fraction of sp³-hybridized carbons (Fsp3) is 0.263. The Balaban J connectivity index is 1.84. The van der Waals surface area contributed by atoms with E-state index in [9.17, 15) is 4.39 Å². The molecule has 2 aliphatic rings. The molecule has 4 rings (SSSR count). The number of allylic oxidation sites excluding steroid dienone is 2. The van der Waals surface area contributed by atoms with Crippen molar-refractivity contribution in [3.8, 4) is 5.75 Å². The molecule has 0 radical (unpaired) electrons. The number of benzene rings is 2. The maximum Gasteiger partial charge on any atom is 0.146 e. The lowest BCUT2D eigenvalue weighted by Crippen LogP contribution is -2.30. The molecule has 3 atom stereocenters. The van der Waals surface area contributed by atoms with Gasteiger partial charge in [0.15, 0.2) is 0 Å². The quantitative estimate of drug-likeness (QED) is 0.814. The van der Waals surface area contributed by atoms with E-state index in [0.29, 0.717) is 11.6 Å². The van der Waals surface area contributed by atoms with Crippen molar-refractivity contribution in [3.63, 3.8) is 0 Å². The number of hydrogen-bond donors (Lipinski definition) is 1. The molecular formula is C19H18FNO. The van der Waals surface area contributed by atoms with E-state index in [2.05, 4.69) is 23.5 Å². The van der Waals surface area contributed by atoms with E-state index >= 15 is 0 Å². The smallest absolute Gasteiger partial charge is 0.146 e. The molecule has 2 aromatic rings. The summed E-state index contributed by atoms with van der Waals surface area (Å²) in [5, 5.41) is 3.43. The van der Waals surface area contributed by atoms with Gasteiger partial charge in [-0.1, -0.05) is 42.5 Å². The first kappa shape index (κ1) is 13.4. The molecule has 0 aromatic heterocycles. The number of ether oxygens (including phenoxy) is 1. The summed E-state index contributed by atoms with van der Waals surface area (Å²) in [6.07, 6.45) is 5.42. The molecular weight excluding hydrogens is 277 g/mol. The zero-order valence-corrected chi connectivity index (χ0v) is 12.4. The highest BCUT2D eigenvalue weighted by Crippen LogP contribution is 2.51. The summed E-state index contributed by atoms with van der Waals surface area (Å²) in [5.74, 6) is 1.33. The molecule has 112 valence electrons.